The van der Waals surface area contributed by atoms with Crippen LogP contribution in [0.4, 0.5) is 0 Å². The highest BCUT2D eigenvalue weighted by molar-refractivity contribution is 5.75. The molecule has 2 N–H and O–H groups in total. The smallest absolute Gasteiger partial charge is 0.178 e. The zero-order valence-electron chi connectivity index (χ0n) is 11.9. The lowest BCUT2D eigenvalue weighted by Crippen LogP contribution is -2.14. The zero-order valence-corrected chi connectivity index (χ0v) is 11.9. The van der Waals surface area contributed by atoms with Crippen LogP contribution in [-0.2, 0) is 0 Å². The molecule has 4 heteroatoms. The van der Waals surface area contributed by atoms with Crippen molar-refractivity contribution in [2.24, 2.45) is 0 Å². The summed E-state index contributed by atoms with van der Waals surface area (Å²) in [6.07, 6.45) is 1.72. The maximum Gasteiger partial charge on any atom is 0.178 e. The Bertz CT molecular complexity index is 797. The van der Waals surface area contributed by atoms with E-state index in [1.165, 1.54) is 0 Å². The van der Waals surface area contributed by atoms with Gasteiger partial charge in [0.1, 0.15) is 11.4 Å². The van der Waals surface area contributed by atoms with E-state index in [0.717, 1.165) is 22.5 Å². The lowest BCUT2D eigenvalue weighted by molar-refractivity contribution is 0.143. The summed E-state index contributed by atoms with van der Waals surface area (Å²) in [6.45, 7) is 3.32. The molecule has 21 heavy (non-hydrogen) atoms. The fourth-order valence-electron chi connectivity index (χ4n) is 1.92. The number of aromatic nitrogens is 3. The van der Waals surface area contributed by atoms with Gasteiger partial charge in [0.05, 0.1) is 5.52 Å². The lowest BCUT2D eigenvalue weighted by atomic mass is 10.1. The van der Waals surface area contributed by atoms with Crippen LogP contribution < -0.4 is 0 Å². The van der Waals surface area contributed by atoms with Gasteiger partial charge in [-0.25, -0.2) is 9.97 Å². The third-order valence-corrected chi connectivity index (χ3v) is 2.93. The molecule has 2 heterocycles. The zero-order chi connectivity index (χ0) is 14.9. The Hall–Kier alpha value is -2.64. The van der Waals surface area contributed by atoms with Crippen molar-refractivity contribution in [3.8, 4) is 23.2 Å². The second-order valence-corrected chi connectivity index (χ2v) is 5.35. The normalized spacial score (nSPS) is 11.2. The number of hydrogen-bond acceptors (Lipinski definition) is 3. The molecular weight excluding hydrogens is 262 g/mol. The SMILES string of the molecule is CC(C)(O)C#Cc1ccc(-c2nc3ncccc3[nH]2)cc1. The Balaban J connectivity index is 1.91. The molecule has 0 saturated heterocycles. The number of H-pyrrole nitrogens is 1. The predicted molar refractivity (Wildman–Crippen MR) is 82.5 cm³/mol. The summed E-state index contributed by atoms with van der Waals surface area (Å²) in [5.74, 6) is 6.52. The molecule has 0 spiro atoms. The minimum absolute atomic E-state index is 0.707. The van der Waals surface area contributed by atoms with Gasteiger partial charge in [0, 0.05) is 17.3 Å². The maximum atomic E-state index is 9.60. The van der Waals surface area contributed by atoms with Gasteiger partial charge in [-0.1, -0.05) is 24.0 Å². The van der Waals surface area contributed by atoms with Crippen LogP contribution in [0, 0.1) is 11.8 Å². The van der Waals surface area contributed by atoms with Crippen molar-refractivity contribution in [2.45, 2.75) is 19.4 Å². The molecular formula is C17H15N3O. The molecule has 0 fully saturated rings. The van der Waals surface area contributed by atoms with E-state index in [2.05, 4.69) is 26.8 Å². The Morgan fingerprint density at radius 1 is 1.14 bits per heavy atom. The van der Waals surface area contributed by atoms with Gasteiger partial charge in [-0.3, -0.25) is 0 Å². The molecule has 0 radical (unpaired) electrons. The van der Waals surface area contributed by atoms with E-state index in [-0.39, 0.29) is 0 Å². The minimum atomic E-state index is -0.983. The molecule has 4 nitrogen and oxygen atoms in total. The van der Waals surface area contributed by atoms with Crippen molar-refractivity contribution in [1.82, 2.24) is 15.0 Å². The molecule has 0 bridgehead atoms. The molecule has 104 valence electrons. The Labute approximate surface area is 122 Å². The molecule has 2 aromatic heterocycles. The van der Waals surface area contributed by atoms with Crippen LogP contribution in [0.15, 0.2) is 42.6 Å². The highest BCUT2D eigenvalue weighted by atomic mass is 16.3. The first kappa shape index (κ1) is 13.3. The van der Waals surface area contributed by atoms with Crippen molar-refractivity contribution in [3.05, 3.63) is 48.2 Å². The fraction of sp³-hybridized carbons (Fsp3) is 0.176. The standard InChI is InChI=1S/C17H15N3O/c1-17(2,21)10-9-12-5-7-13(8-6-12)15-19-14-4-3-11-18-16(14)20-15/h3-8,11,21H,1-2H3,(H,18,19,20). The molecule has 0 aliphatic carbocycles. The van der Waals surface area contributed by atoms with E-state index >= 15 is 0 Å². The summed E-state index contributed by atoms with van der Waals surface area (Å²) in [4.78, 5) is 11.9. The van der Waals surface area contributed by atoms with E-state index in [0.29, 0.717) is 5.65 Å². The van der Waals surface area contributed by atoms with Gasteiger partial charge in [0.2, 0.25) is 0 Å². The number of benzene rings is 1. The predicted octanol–water partition coefficient (Wildman–Crippen LogP) is 2.75. The van der Waals surface area contributed by atoms with Crippen LogP contribution in [0.2, 0.25) is 0 Å². The fourth-order valence-corrected chi connectivity index (χ4v) is 1.92. The van der Waals surface area contributed by atoms with Gasteiger partial charge >= 0.3 is 0 Å². The monoisotopic (exact) mass is 277 g/mol. The number of rotatable bonds is 1. The maximum absolute atomic E-state index is 9.60. The summed E-state index contributed by atoms with van der Waals surface area (Å²) in [7, 11) is 0. The first-order chi connectivity index (χ1) is 10.0. The van der Waals surface area contributed by atoms with Crippen LogP contribution in [0.1, 0.15) is 19.4 Å². The van der Waals surface area contributed by atoms with E-state index in [1.54, 1.807) is 20.0 Å². The van der Waals surface area contributed by atoms with Gasteiger partial charge in [-0.05, 0) is 38.1 Å². The first-order valence-electron chi connectivity index (χ1n) is 6.68. The van der Waals surface area contributed by atoms with Crippen molar-refractivity contribution in [1.29, 1.82) is 0 Å². The van der Waals surface area contributed by atoms with Crippen LogP contribution in [0.5, 0.6) is 0 Å². The van der Waals surface area contributed by atoms with Crippen LogP contribution in [0.25, 0.3) is 22.6 Å². The van der Waals surface area contributed by atoms with Crippen LogP contribution >= 0.6 is 0 Å². The third kappa shape index (κ3) is 3.10. The highest BCUT2D eigenvalue weighted by Gasteiger charge is 2.07. The number of pyridine rings is 1. The Morgan fingerprint density at radius 2 is 1.90 bits per heavy atom. The molecule has 3 rings (SSSR count). The number of imidazole rings is 1. The Kier molecular flexibility index (Phi) is 3.20. The molecule has 0 aliphatic rings. The summed E-state index contributed by atoms with van der Waals surface area (Å²) >= 11 is 0. The summed E-state index contributed by atoms with van der Waals surface area (Å²) in [6, 6.07) is 11.5. The number of aromatic amines is 1. The van der Waals surface area contributed by atoms with Gasteiger partial charge in [0.25, 0.3) is 0 Å². The topological polar surface area (TPSA) is 61.8 Å². The van der Waals surface area contributed by atoms with Crippen molar-refractivity contribution in [2.75, 3.05) is 0 Å². The molecule has 0 atom stereocenters. The quantitative estimate of drug-likeness (QED) is 0.672. The number of nitrogens with zero attached hydrogens (tertiary/aromatic N) is 2. The largest absolute Gasteiger partial charge is 0.378 e. The first-order valence-corrected chi connectivity index (χ1v) is 6.68. The average molecular weight is 277 g/mol. The van der Waals surface area contributed by atoms with Gasteiger partial charge in [-0.15, -0.1) is 0 Å². The number of aliphatic hydroxyl groups is 1. The van der Waals surface area contributed by atoms with E-state index in [1.807, 2.05) is 36.4 Å². The summed E-state index contributed by atoms with van der Waals surface area (Å²) in [5, 5.41) is 9.60. The number of fused-ring (bicyclic) bond motifs is 1. The lowest BCUT2D eigenvalue weighted by Gasteiger charge is -2.05. The van der Waals surface area contributed by atoms with Crippen LogP contribution in [-0.4, -0.2) is 25.7 Å². The van der Waals surface area contributed by atoms with Gasteiger partial charge < -0.3 is 10.1 Å². The molecule has 0 saturated carbocycles. The Morgan fingerprint density at radius 3 is 2.57 bits per heavy atom. The number of hydrogen-bond donors (Lipinski definition) is 2. The minimum Gasteiger partial charge on any atom is -0.378 e. The van der Waals surface area contributed by atoms with Gasteiger partial charge in [0.15, 0.2) is 5.65 Å². The number of nitrogens with one attached hydrogen (secondary N) is 1. The van der Waals surface area contributed by atoms with Gasteiger partial charge in [-0.2, -0.15) is 0 Å². The van der Waals surface area contributed by atoms with E-state index < -0.39 is 5.60 Å². The van der Waals surface area contributed by atoms with Crippen molar-refractivity contribution in [3.63, 3.8) is 0 Å². The third-order valence-electron chi connectivity index (χ3n) is 2.93. The molecule has 0 amide bonds. The summed E-state index contributed by atoms with van der Waals surface area (Å²) in [5.41, 5.74) is 2.47. The van der Waals surface area contributed by atoms with Crippen molar-refractivity contribution < 1.29 is 5.11 Å². The molecule has 0 aliphatic heterocycles. The molecule has 1 aromatic carbocycles. The molecule has 0 unspecified atom stereocenters. The second-order valence-electron chi connectivity index (χ2n) is 5.35. The van der Waals surface area contributed by atoms with Crippen LogP contribution in [0.3, 0.4) is 0 Å². The van der Waals surface area contributed by atoms with E-state index in [9.17, 15) is 5.11 Å². The summed E-state index contributed by atoms with van der Waals surface area (Å²) < 4.78 is 0. The second kappa shape index (κ2) is 5.04. The van der Waals surface area contributed by atoms with E-state index in [4.69, 9.17) is 0 Å². The van der Waals surface area contributed by atoms with Crippen molar-refractivity contribution >= 4 is 11.2 Å². The molecule has 3 aromatic rings. The average Bonchev–Trinajstić information content (AvgIpc) is 2.89. The highest BCUT2D eigenvalue weighted by Crippen LogP contribution is 2.19.